The van der Waals surface area contributed by atoms with Gasteiger partial charge in [-0.25, -0.2) is 4.39 Å². The first kappa shape index (κ1) is 28.3. The minimum atomic E-state index is -1.36. The Morgan fingerprint density at radius 1 is 1.05 bits per heavy atom. The largest absolute Gasteiger partial charge is 0.465 e. The van der Waals surface area contributed by atoms with E-state index in [9.17, 15) is 23.6 Å². The lowest BCUT2D eigenvalue weighted by Crippen LogP contribution is -2.45. The van der Waals surface area contributed by atoms with E-state index in [1.54, 1.807) is 19.1 Å². The molecule has 2 aromatic carbocycles. The Balaban J connectivity index is 2.16. The number of hydrogen-bond donors (Lipinski definition) is 3. The van der Waals surface area contributed by atoms with Crippen molar-refractivity contribution in [1.82, 2.24) is 9.69 Å². The summed E-state index contributed by atoms with van der Waals surface area (Å²) < 4.78 is 22.6. The number of ether oxygens (including phenoxy) is 1. The van der Waals surface area contributed by atoms with Gasteiger partial charge >= 0.3 is 5.97 Å². The molecule has 0 radical (unpaired) electrons. The number of rotatable bonds is 10. The number of carbonyl (C=O) groups is 4. The van der Waals surface area contributed by atoms with Crippen LogP contribution in [0.1, 0.15) is 64.0 Å². The summed E-state index contributed by atoms with van der Waals surface area (Å²) in [6.07, 6.45) is 0. The van der Waals surface area contributed by atoms with Crippen LogP contribution in [0.5, 0.6) is 0 Å². The standard InChI is InChI=1S/C26H28FN5O5S/c1-4-37-19(33)13-30-25(35)22(16-5-9-17(27)10-6-16)32(18-11-7-15(8-12-18)14(2)3)26(36)23-20(28)21(24(29)34)31-38-23/h5-12,14,22H,4,13,28H2,1-3H3,(H2,29,34)(H,30,35)/t22-/m1/s1. The van der Waals surface area contributed by atoms with Crippen LogP contribution in [0.15, 0.2) is 48.5 Å². The number of carbonyl (C=O) groups excluding carboxylic acids is 4. The SMILES string of the molecule is CCOC(=O)CNC(=O)[C@@H](c1ccc(F)cc1)N(C(=O)c1snc(C(N)=O)c1N)c1ccc(C(C)C)cc1. The molecule has 0 unspecified atom stereocenters. The summed E-state index contributed by atoms with van der Waals surface area (Å²) in [5.74, 6) is -3.40. The molecule has 1 heterocycles. The Morgan fingerprint density at radius 2 is 1.66 bits per heavy atom. The van der Waals surface area contributed by atoms with Gasteiger partial charge in [0.25, 0.3) is 11.8 Å². The predicted molar refractivity (Wildman–Crippen MR) is 141 cm³/mol. The van der Waals surface area contributed by atoms with E-state index >= 15 is 0 Å². The third-order valence-electron chi connectivity index (χ3n) is 5.62. The molecule has 3 rings (SSSR count). The molecule has 38 heavy (non-hydrogen) atoms. The van der Waals surface area contributed by atoms with E-state index in [-0.39, 0.29) is 34.3 Å². The number of nitrogen functional groups attached to an aromatic ring is 1. The van der Waals surface area contributed by atoms with Gasteiger partial charge in [0.1, 0.15) is 23.3 Å². The number of esters is 1. The highest BCUT2D eigenvalue weighted by Gasteiger charge is 2.36. The zero-order valence-corrected chi connectivity index (χ0v) is 21.9. The fraction of sp³-hybridized carbons (Fsp3) is 0.269. The van der Waals surface area contributed by atoms with Crippen molar-refractivity contribution in [2.45, 2.75) is 32.7 Å². The highest BCUT2D eigenvalue weighted by molar-refractivity contribution is 7.09. The lowest BCUT2D eigenvalue weighted by molar-refractivity contribution is -0.143. The molecule has 0 saturated heterocycles. The van der Waals surface area contributed by atoms with Gasteiger partial charge in [-0.05, 0) is 59.8 Å². The monoisotopic (exact) mass is 541 g/mol. The number of amides is 3. The van der Waals surface area contributed by atoms with Crippen molar-refractivity contribution in [3.05, 3.63) is 76.0 Å². The number of primary amides is 1. The summed E-state index contributed by atoms with van der Waals surface area (Å²) >= 11 is 0.662. The quantitative estimate of drug-likeness (QED) is 0.333. The zero-order valence-electron chi connectivity index (χ0n) is 21.1. The number of halogens is 1. The van der Waals surface area contributed by atoms with E-state index in [4.69, 9.17) is 16.2 Å². The summed E-state index contributed by atoms with van der Waals surface area (Å²) in [6, 6.07) is 10.6. The molecule has 0 fully saturated rings. The minimum absolute atomic E-state index is 0.114. The molecule has 5 N–H and O–H groups in total. The molecule has 1 aromatic heterocycles. The highest BCUT2D eigenvalue weighted by Crippen LogP contribution is 2.34. The number of nitrogens with one attached hydrogen (secondary N) is 1. The van der Waals surface area contributed by atoms with Crippen LogP contribution in [0.25, 0.3) is 0 Å². The fourth-order valence-electron chi connectivity index (χ4n) is 3.67. The van der Waals surface area contributed by atoms with Gasteiger partial charge in [-0.3, -0.25) is 24.1 Å². The summed E-state index contributed by atoms with van der Waals surface area (Å²) in [5.41, 5.74) is 12.4. The maximum atomic E-state index is 14.0. The highest BCUT2D eigenvalue weighted by atomic mass is 32.1. The van der Waals surface area contributed by atoms with Crippen LogP contribution < -0.4 is 21.7 Å². The van der Waals surface area contributed by atoms with Crippen LogP contribution in [0, 0.1) is 5.82 Å². The van der Waals surface area contributed by atoms with Crippen LogP contribution in [0.2, 0.25) is 0 Å². The molecular weight excluding hydrogens is 513 g/mol. The van der Waals surface area contributed by atoms with Gasteiger partial charge in [0, 0.05) is 5.69 Å². The molecule has 1 atom stereocenters. The van der Waals surface area contributed by atoms with Crippen molar-refractivity contribution in [2.24, 2.45) is 5.73 Å². The molecule has 10 nitrogen and oxygen atoms in total. The number of hydrogen-bond acceptors (Lipinski definition) is 8. The van der Waals surface area contributed by atoms with Crippen LogP contribution in [0.3, 0.4) is 0 Å². The fourth-order valence-corrected chi connectivity index (χ4v) is 4.42. The van der Waals surface area contributed by atoms with E-state index in [0.29, 0.717) is 17.2 Å². The number of aromatic nitrogens is 1. The summed E-state index contributed by atoms with van der Waals surface area (Å²) in [5, 5.41) is 2.49. The van der Waals surface area contributed by atoms with Crippen LogP contribution in [-0.2, 0) is 14.3 Å². The first-order chi connectivity index (χ1) is 18.0. The Labute approximate surface area is 222 Å². The van der Waals surface area contributed by atoms with Crippen LogP contribution in [0.4, 0.5) is 15.8 Å². The van der Waals surface area contributed by atoms with Gasteiger partial charge in [-0.15, -0.1) is 0 Å². The van der Waals surface area contributed by atoms with E-state index in [2.05, 4.69) is 9.69 Å². The second-order valence-electron chi connectivity index (χ2n) is 8.54. The molecule has 0 bridgehead atoms. The number of nitrogens with two attached hydrogens (primary N) is 2. The second-order valence-corrected chi connectivity index (χ2v) is 9.31. The first-order valence-corrected chi connectivity index (χ1v) is 12.5. The summed E-state index contributed by atoms with van der Waals surface area (Å²) in [7, 11) is 0. The maximum Gasteiger partial charge on any atom is 0.325 e. The van der Waals surface area contributed by atoms with Crippen molar-refractivity contribution in [3.63, 3.8) is 0 Å². The third-order valence-corrected chi connectivity index (χ3v) is 6.47. The van der Waals surface area contributed by atoms with Gasteiger partial charge in [0.15, 0.2) is 5.69 Å². The zero-order chi connectivity index (χ0) is 28.0. The van der Waals surface area contributed by atoms with Crippen molar-refractivity contribution in [3.8, 4) is 0 Å². The number of anilines is 2. The Morgan fingerprint density at radius 3 is 2.18 bits per heavy atom. The van der Waals surface area contributed by atoms with Crippen molar-refractivity contribution >= 4 is 46.6 Å². The van der Waals surface area contributed by atoms with Gasteiger partial charge < -0.3 is 21.5 Å². The molecule has 200 valence electrons. The Hall–Kier alpha value is -4.32. The predicted octanol–water partition coefficient (Wildman–Crippen LogP) is 3.15. The molecule has 0 aliphatic rings. The lowest BCUT2D eigenvalue weighted by atomic mass is 10.00. The molecular formula is C26H28FN5O5S. The van der Waals surface area contributed by atoms with Gasteiger partial charge in [-0.2, -0.15) is 4.37 Å². The molecule has 12 heteroatoms. The van der Waals surface area contributed by atoms with Crippen molar-refractivity contribution < 1.29 is 28.3 Å². The molecule has 0 aliphatic heterocycles. The summed E-state index contributed by atoms with van der Waals surface area (Å²) in [6.45, 7) is 5.31. The molecule has 3 amide bonds. The van der Waals surface area contributed by atoms with Gasteiger partial charge in [0.2, 0.25) is 5.91 Å². The third kappa shape index (κ3) is 6.32. The topological polar surface area (TPSA) is 158 Å². The maximum absolute atomic E-state index is 14.0. The Bertz CT molecular complexity index is 1320. The smallest absolute Gasteiger partial charge is 0.325 e. The van der Waals surface area contributed by atoms with Gasteiger partial charge in [0.05, 0.1) is 12.3 Å². The number of benzene rings is 2. The van der Waals surface area contributed by atoms with Crippen molar-refractivity contribution in [1.29, 1.82) is 0 Å². The first-order valence-electron chi connectivity index (χ1n) is 11.7. The van der Waals surface area contributed by atoms with E-state index in [0.717, 1.165) is 22.6 Å². The molecule has 0 aliphatic carbocycles. The van der Waals surface area contributed by atoms with E-state index < -0.39 is 42.1 Å². The molecule has 0 saturated carbocycles. The van der Waals surface area contributed by atoms with Crippen LogP contribution in [-0.4, -0.2) is 41.2 Å². The van der Waals surface area contributed by atoms with E-state index in [1.165, 1.54) is 12.1 Å². The van der Waals surface area contributed by atoms with E-state index in [1.807, 2.05) is 26.0 Å². The average molecular weight is 542 g/mol. The Kier molecular flexibility index (Phi) is 9.13. The lowest BCUT2D eigenvalue weighted by Gasteiger charge is -2.31. The van der Waals surface area contributed by atoms with Gasteiger partial charge in [-0.1, -0.05) is 38.1 Å². The van der Waals surface area contributed by atoms with Crippen molar-refractivity contribution in [2.75, 3.05) is 23.8 Å². The minimum Gasteiger partial charge on any atom is -0.465 e. The van der Waals surface area contributed by atoms with Crippen LogP contribution >= 0.6 is 11.5 Å². The number of nitrogens with zero attached hydrogens (tertiary/aromatic N) is 2. The average Bonchev–Trinajstić information content (AvgIpc) is 3.28. The molecule has 3 aromatic rings. The molecule has 0 spiro atoms. The summed E-state index contributed by atoms with van der Waals surface area (Å²) in [4.78, 5) is 52.2. The normalized spacial score (nSPS) is 11.6. The second kappa shape index (κ2) is 12.3.